The second-order valence-electron chi connectivity index (χ2n) is 3.42. The van der Waals surface area contributed by atoms with Crippen LogP contribution in [-0.2, 0) is 13.1 Å². The number of hydrogen-bond acceptors (Lipinski definition) is 2. The molecule has 0 spiro atoms. The summed E-state index contributed by atoms with van der Waals surface area (Å²) in [6.07, 6.45) is 2.10. The molecule has 80 valence electrons. The fourth-order valence-corrected chi connectivity index (χ4v) is 1.64. The summed E-state index contributed by atoms with van der Waals surface area (Å²) < 4.78 is 2.23. The molecular formula is C11H21N3. The highest BCUT2D eigenvalue weighted by Gasteiger charge is 2.01. The molecule has 2 N–H and O–H groups in total. The lowest BCUT2D eigenvalue weighted by Crippen LogP contribution is -2.27. The molecule has 0 atom stereocenters. The first-order valence-electron chi connectivity index (χ1n) is 5.38. The van der Waals surface area contributed by atoms with Crippen molar-refractivity contribution in [2.24, 2.45) is 5.73 Å². The summed E-state index contributed by atoms with van der Waals surface area (Å²) >= 11 is 0. The first kappa shape index (κ1) is 11.3. The third kappa shape index (κ3) is 2.86. The maximum atomic E-state index is 5.63. The molecule has 0 aliphatic carbocycles. The molecule has 1 rings (SSSR count). The summed E-state index contributed by atoms with van der Waals surface area (Å²) in [6.45, 7) is 9.42. The van der Waals surface area contributed by atoms with Crippen molar-refractivity contribution in [2.45, 2.75) is 26.9 Å². The van der Waals surface area contributed by atoms with Gasteiger partial charge in [-0.15, -0.1) is 0 Å². The molecule has 3 nitrogen and oxygen atoms in total. The molecule has 1 aromatic heterocycles. The van der Waals surface area contributed by atoms with Crippen molar-refractivity contribution in [3.05, 3.63) is 24.0 Å². The van der Waals surface area contributed by atoms with Crippen molar-refractivity contribution in [3.8, 4) is 0 Å². The summed E-state index contributed by atoms with van der Waals surface area (Å²) in [5.74, 6) is 0. The number of hydrogen-bond donors (Lipinski definition) is 1. The predicted molar refractivity (Wildman–Crippen MR) is 60.1 cm³/mol. The van der Waals surface area contributed by atoms with E-state index in [1.165, 1.54) is 5.69 Å². The zero-order valence-electron chi connectivity index (χ0n) is 9.24. The summed E-state index contributed by atoms with van der Waals surface area (Å²) in [5.41, 5.74) is 6.85. The van der Waals surface area contributed by atoms with Crippen molar-refractivity contribution in [1.29, 1.82) is 0 Å². The molecule has 0 aliphatic heterocycles. The molecule has 1 heterocycles. The first-order valence-corrected chi connectivity index (χ1v) is 5.38. The lowest BCUT2D eigenvalue weighted by molar-refractivity contribution is 0.289. The fourth-order valence-electron chi connectivity index (χ4n) is 1.64. The average Bonchev–Trinajstić information content (AvgIpc) is 2.67. The smallest absolute Gasteiger partial charge is 0.0350 e. The molecule has 0 radical (unpaired) electrons. The van der Waals surface area contributed by atoms with E-state index in [2.05, 4.69) is 41.6 Å². The van der Waals surface area contributed by atoms with Gasteiger partial charge in [0.15, 0.2) is 0 Å². The third-order valence-corrected chi connectivity index (χ3v) is 2.68. The van der Waals surface area contributed by atoms with E-state index in [0.29, 0.717) is 6.54 Å². The minimum Gasteiger partial charge on any atom is -0.349 e. The SMILES string of the molecule is CCN(CC)CCn1cccc1CN. The van der Waals surface area contributed by atoms with E-state index in [-0.39, 0.29) is 0 Å². The van der Waals surface area contributed by atoms with E-state index in [0.717, 1.165) is 26.2 Å². The van der Waals surface area contributed by atoms with E-state index in [4.69, 9.17) is 5.73 Å². The van der Waals surface area contributed by atoms with Gasteiger partial charge in [-0.3, -0.25) is 0 Å². The third-order valence-electron chi connectivity index (χ3n) is 2.68. The Bertz CT molecular complexity index is 251. The van der Waals surface area contributed by atoms with E-state index in [1.807, 2.05) is 0 Å². The quantitative estimate of drug-likeness (QED) is 0.742. The monoisotopic (exact) mass is 195 g/mol. The Morgan fingerprint density at radius 3 is 2.64 bits per heavy atom. The van der Waals surface area contributed by atoms with Crippen LogP contribution in [0.25, 0.3) is 0 Å². The van der Waals surface area contributed by atoms with Crippen LogP contribution in [0.15, 0.2) is 18.3 Å². The van der Waals surface area contributed by atoms with Crippen LogP contribution in [0.5, 0.6) is 0 Å². The highest BCUT2D eigenvalue weighted by molar-refractivity contribution is 5.06. The lowest BCUT2D eigenvalue weighted by Gasteiger charge is -2.19. The molecule has 1 aromatic rings. The first-order chi connectivity index (χ1) is 6.81. The van der Waals surface area contributed by atoms with Crippen LogP contribution in [0.4, 0.5) is 0 Å². The van der Waals surface area contributed by atoms with Gasteiger partial charge in [0.25, 0.3) is 0 Å². The number of aromatic nitrogens is 1. The molecule has 0 fully saturated rings. The van der Waals surface area contributed by atoms with Crippen molar-refractivity contribution >= 4 is 0 Å². The molecule has 14 heavy (non-hydrogen) atoms. The van der Waals surface area contributed by atoms with Gasteiger partial charge in [0.05, 0.1) is 0 Å². The van der Waals surface area contributed by atoms with Gasteiger partial charge in [0.2, 0.25) is 0 Å². The van der Waals surface area contributed by atoms with Gasteiger partial charge in [0.1, 0.15) is 0 Å². The molecule has 0 saturated carbocycles. The van der Waals surface area contributed by atoms with Gasteiger partial charge in [-0.2, -0.15) is 0 Å². The van der Waals surface area contributed by atoms with Crippen molar-refractivity contribution in [3.63, 3.8) is 0 Å². The molecule has 0 amide bonds. The van der Waals surface area contributed by atoms with Crippen LogP contribution in [0.2, 0.25) is 0 Å². The van der Waals surface area contributed by atoms with Crippen molar-refractivity contribution < 1.29 is 0 Å². The predicted octanol–water partition coefficient (Wildman–Crippen LogP) is 1.29. The molecule has 0 bridgehead atoms. The van der Waals surface area contributed by atoms with Crippen molar-refractivity contribution in [2.75, 3.05) is 19.6 Å². The zero-order chi connectivity index (χ0) is 10.4. The molecule has 0 aromatic carbocycles. The summed E-state index contributed by atoms with van der Waals surface area (Å²) in [4.78, 5) is 2.42. The molecule has 3 heteroatoms. The van der Waals surface area contributed by atoms with E-state index < -0.39 is 0 Å². The summed E-state index contributed by atoms with van der Waals surface area (Å²) in [6, 6.07) is 4.15. The molecule has 0 aliphatic rings. The summed E-state index contributed by atoms with van der Waals surface area (Å²) in [7, 11) is 0. The highest BCUT2D eigenvalue weighted by atomic mass is 15.1. The van der Waals surface area contributed by atoms with Crippen LogP contribution < -0.4 is 5.73 Å². The number of nitrogens with two attached hydrogens (primary N) is 1. The van der Waals surface area contributed by atoms with Crippen LogP contribution >= 0.6 is 0 Å². The molecule has 0 saturated heterocycles. The second kappa shape index (κ2) is 5.83. The average molecular weight is 195 g/mol. The van der Waals surface area contributed by atoms with Gasteiger partial charge in [-0.1, -0.05) is 13.8 Å². The van der Waals surface area contributed by atoms with Gasteiger partial charge in [0, 0.05) is 31.5 Å². The lowest BCUT2D eigenvalue weighted by atomic mass is 10.4. The van der Waals surface area contributed by atoms with Crippen LogP contribution in [0.1, 0.15) is 19.5 Å². The Balaban J connectivity index is 2.44. The van der Waals surface area contributed by atoms with Gasteiger partial charge < -0.3 is 15.2 Å². The minimum atomic E-state index is 0.630. The van der Waals surface area contributed by atoms with E-state index in [9.17, 15) is 0 Å². The summed E-state index contributed by atoms with van der Waals surface area (Å²) in [5, 5.41) is 0. The second-order valence-corrected chi connectivity index (χ2v) is 3.42. The Labute approximate surface area is 86.5 Å². The minimum absolute atomic E-state index is 0.630. The molecular weight excluding hydrogens is 174 g/mol. The Kier molecular flexibility index (Phi) is 4.70. The largest absolute Gasteiger partial charge is 0.349 e. The standard InChI is InChI=1S/C11H21N3/c1-3-13(4-2)8-9-14-7-5-6-11(14)10-12/h5-7H,3-4,8-10,12H2,1-2H3. The highest BCUT2D eigenvalue weighted by Crippen LogP contribution is 2.01. The number of nitrogens with zero attached hydrogens (tertiary/aromatic N) is 2. The van der Waals surface area contributed by atoms with Crippen LogP contribution in [-0.4, -0.2) is 29.1 Å². The van der Waals surface area contributed by atoms with Gasteiger partial charge in [-0.25, -0.2) is 0 Å². The van der Waals surface area contributed by atoms with E-state index in [1.54, 1.807) is 0 Å². The Morgan fingerprint density at radius 1 is 1.36 bits per heavy atom. The maximum absolute atomic E-state index is 5.63. The van der Waals surface area contributed by atoms with Crippen LogP contribution in [0, 0.1) is 0 Å². The van der Waals surface area contributed by atoms with E-state index >= 15 is 0 Å². The molecule has 0 unspecified atom stereocenters. The van der Waals surface area contributed by atoms with Crippen LogP contribution in [0.3, 0.4) is 0 Å². The number of likely N-dealkylation sites (N-methyl/N-ethyl adjacent to an activating group) is 1. The number of rotatable bonds is 6. The zero-order valence-corrected chi connectivity index (χ0v) is 9.24. The Morgan fingerprint density at radius 2 is 2.07 bits per heavy atom. The van der Waals surface area contributed by atoms with Gasteiger partial charge in [-0.05, 0) is 25.2 Å². The van der Waals surface area contributed by atoms with Gasteiger partial charge >= 0.3 is 0 Å². The topological polar surface area (TPSA) is 34.2 Å². The Hall–Kier alpha value is -0.800. The van der Waals surface area contributed by atoms with Crippen molar-refractivity contribution in [1.82, 2.24) is 9.47 Å². The normalized spacial score (nSPS) is 11.1. The maximum Gasteiger partial charge on any atom is 0.0350 e. The fraction of sp³-hybridized carbons (Fsp3) is 0.636.